The summed E-state index contributed by atoms with van der Waals surface area (Å²) in [6.07, 6.45) is 4.71. The fourth-order valence-corrected chi connectivity index (χ4v) is 2.70. The number of carbonyl (C=O) groups excluding carboxylic acids is 1. The molecule has 0 spiro atoms. The van der Waals surface area contributed by atoms with E-state index < -0.39 is 5.91 Å². The number of nitrogens with one attached hydrogen (secondary N) is 1. The van der Waals surface area contributed by atoms with E-state index in [1.807, 2.05) is 6.07 Å². The number of hydrogen-bond acceptors (Lipinski definition) is 4. The molecule has 0 atom stereocenters. The zero-order valence-electron chi connectivity index (χ0n) is 16.0. The largest absolute Gasteiger partial charge is 0.493 e. The highest BCUT2D eigenvalue weighted by Gasteiger charge is 2.11. The van der Waals surface area contributed by atoms with Gasteiger partial charge >= 0.3 is 0 Å². The Morgan fingerprint density at radius 2 is 2.04 bits per heavy atom. The minimum atomic E-state index is -0.511. The number of ether oxygens (including phenoxy) is 2. The van der Waals surface area contributed by atoms with Gasteiger partial charge in [0.1, 0.15) is 11.6 Å². The van der Waals surface area contributed by atoms with E-state index in [4.69, 9.17) is 21.1 Å². The molecular weight excluding hydrogens is 376 g/mol. The molecule has 6 heteroatoms. The molecule has 2 rings (SSSR count). The van der Waals surface area contributed by atoms with Gasteiger partial charge in [-0.15, -0.1) is 0 Å². The smallest absolute Gasteiger partial charge is 0.266 e. The third-order valence-electron chi connectivity index (χ3n) is 3.95. The maximum Gasteiger partial charge on any atom is 0.266 e. The number of unbranched alkanes of at least 4 members (excludes halogenated alkanes) is 2. The number of carbonyl (C=O) groups is 1. The van der Waals surface area contributed by atoms with Gasteiger partial charge in [0, 0.05) is 10.7 Å². The number of methoxy groups -OCH3 is 1. The number of anilines is 1. The normalized spacial score (nSPS) is 10.9. The number of benzene rings is 2. The van der Waals surface area contributed by atoms with E-state index in [1.54, 1.807) is 49.6 Å². The van der Waals surface area contributed by atoms with Crippen molar-refractivity contribution in [3.8, 4) is 17.6 Å². The number of halogens is 1. The summed E-state index contributed by atoms with van der Waals surface area (Å²) in [5, 5.41) is 12.5. The second kappa shape index (κ2) is 11.0. The van der Waals surface area contributed by atoms with Gasteiger partial charge in [-0.1, -0.05) is 43.5 Å². The van der Waals surface area contributed by atoms with Crippen LogP contribution >= 0.6 is 11.6 Å². The van der Waals surface area contributed by atoms with E-state index in [9.17, 15) is 10.1 Å². The van der Waals surface area contributed by atoms with Gasteiger partial charge in [0.2, 0.25) is 0 Å². The van der Waals surface area contributed by atoms with Crippen LogP contribution in [-0.4, -0.2) is 19.6 Å². The predicted octanol–water partition coefficient (Wildman–Crippen LogP) is 5.46. The van der Waals surface area contributed by atoms with E-state index in [1.165, 1.54) is 6.08 Å². The lowest BCUT2D eigenvalue weighted by molar-refractivity contribution is -0.112. The number of amides is 1. The molecular formula is C22H23ClN2O3. The van der Waals surface area contributed by atoms with Crippen LogP contribution in [0.2, 0.25) is 5.02 Å². The molecule has 2 aromatic rings. The summed E-state index contributed by atoms with van der Waals surface area (Å²) in [6, 6.07) is 14.0. The molecule has 0 aromatic heterocycles. The van der Waals surface area contributed by atoms with Crippen LogP contribution in [0.1, 0.15) is 31.7 Å². The first-order valence-electron chi connectivity index (χ1n) is 9.07. The zero-order chi connectivity index (χ0) is 20.4. The Kier molecular flexibility index (Phi) is 8.38. The molecule has 0 radical (unpaired) electrons. The molecule has 146 valence electrons. The summed E-state index contributed by atoms with van der Waals surface area (Å²) in [4.78, 5) is 12.4. The summed E-state index contributed by atoms with van der Waals surface area (Å²) in [5.74, 6) is 0.680. The predicted molar refractivity (Wildman–Crippen MR) is 112 cm³/mol. The van der Waals surface area contributed by atoms with Crippen molar-refractivity contribution >= 4 is 29.3 Å². The summed E-state index contributed by atoms with van der Waals surface area (Å²) in [6.45, 7) is 2.75. The molecule has 1 N–H and O–H groups in total. The maximum atomic E-state index is 12.4. The lowest BCUT2D eigenvalue weighted by Gasteiger charge is -2.11. The van der Waals surface area contributed by atoms with Crippen LogP contribution in [0.4, 0.5) is 5.69 Å². The monoisotopic (exact) mass is 398 g/mol. The minimum absolute atomic E-state index is 0.0290. The van der Waals surface area contributed by atoms with Gasteiger partial charge in [-0.2, -0.15) is 5.26 Å². The summed E-state index contributed by atoms with van der Waals surface area (Å²) in [7, 11) is 1.55. The summed E-state index contributed by atoms with van der Waals surface area (Å²) < 4.78 is 11.1. The number of nitrogens with zero attached hydrogens (tertiary/aromatic N) is 1. The molecule has 0 aliphatic carbocycles. The first-order chi connectivity index (χ1) is 13.6. The number of nitriles is 1. The quantitative estimate of drug-likeness (QED) is 0.345. The van der Waals surface area contributed by atoms with Crippen molar-refractivity contribution in [1.82, 2.24) is 0 Å². The second-order valence-electron chi connectivity index (χ2n) is 6.10. The first kappa shape index (κ1) is 21.3. The van der Waals surface area contributed by atoms with E-state index >= 15 is 0 Å². The fraction of sp³-hybridized carbons (Fsp3) is 0.273. The Bertz CT molecular complexity index is 888. The fourth-order valence-electron chi connectivity index (χ4n) is 2.51. The van der Waals surface area contributed by atoms with Crippen LogP contribution in [0, 0.1) is 11.3 Å². The van der Waals surface area contributed by atoms with Crippen molar-refractivity contribution in [2.75, 3.05) is 19.0 Å². The van der Waals surface area contributed by atoms with E-state index in [2.05, 4.69) is 12.2 Å². The lowest BCUT2D eigenvalue weighted by atomic mass is 10.1. The van der Waals surface area contributed by atoms with Crippen molar-refractivity contribution in [2.45, 2.75) is 26.2 Å². The van der Waals surface area contributed by atoms with Crippen molar-refractivity contribution < 1.29 is 14.3 Å². The molecule has 5 nitrogen and oxygen atoms in total. The highest BCUT2D eigenvalue weighted by Crippen LogP contribution is 2.29. The average Bonchev–Trinajstić information content (AvgIpc) is 2.69. The third kappa shape index (κ3) is 6.33. The van der Waals surface area contributed by atoms with Gasteiger partial charge in [0.05, 0.1) is 13.7 Å². The van der Waals surface area contributed by atoms with Crippen LogP contribution in [0.25, 0.3) is 6.08 Å². The molecule has 0 fully saturated rings. The van der Waals surface area contributed by atoms with Gasteiger partial charge < -0.3 is 14.8 Å². The molecule has 0 saturated carbocycles. The Balaban J connectivity index is 2.14. The number of hydrogen-bond donors (Lipinski definition) is 1. The SMILES string of the molecule is CCCCCOc1ccc(/C=C(/C#N)C(=O)Nc2cccc(Cl)c2)cc1OC. The second-order valence-corrected chi connectivity index (χ2v) is 6.54. The van der Waals surface area contributed by atoms with Gasteiger partial charge in [0.25, 0.3) is 5.91 Å². The van der Waals surface area contributed by atoms with Gasteiger partial charge in [0.15, 0.2) is 11.5 Å². The van der Waals surface area contributed by atoms with Gasteiger partial charge in [-0.3, -0.25) is 4.79 Å². The Morgan fingerprint density at radius 1 is 1.21 bits per heavy atom. The van der Waals surface area contributed by atoms with Crippen LogP contribution in [-0.2, 0) is 4.79 Å². The van der Waals surface area contributed by atoms with E-state index in [0.717, 1.165) is 19.3 Å². The first-order valence-corrected chi connectivity index (χ1v) is 9.44. The molecule has 0 heterocycles. The lowest BCUT2D eigenvalue weighted by Crippen LogP contribution is -2.13. The molecule has 2 aromatic carbocycles. The molecule has 1 amide bonds. The van der Waals surface area contributed by atoms with Crippen LogP contribution in [0.15, 0.2) is 48.0 Å². The third-order valence-corrected chi connectivity index (χ3v) is 4.19. The Hall–Kier alpha value is -2.97. The molecule has 0 bridgehead atoms. The highest BCUT2D eigenvalue weighted by molar-refractivity contribution is 6.31. The minimum Gasteiger partial charge on any atom is -0.493 e. The Labute approximate surface area is 170 Å². The van der Waals surface area contributed by atoms with Crippen molar-refractivity contribution in [3.05, 3.63) is 58.6 Å². The maximum absolute atomic E-state index is 12.4. The summed E-state index contributed by atoms with van der Waals surface area (Å²) in [5.41, 5.74) is 1.15. The highest BCUT2D eigenvalue weighted by atomic mass is 35.5. The molecule has 28 heavy (non-hydrogen) atoms. The van der Waals surface area contributed by atoms with Gasteiger partial charge in [-0.25, -0.2) is 0 Å². The van der Waals surface area contributed by atoms with Crippen LogP contribution in [0.5, 0.6) is 11.5 Å². The summed E-state index contributed by atoms with van der Waals surface area (Å²) >= 11 is 5.92. The standard InChI is InChI=1S/C22H23ClN2O3/c1-3-4-5-11-28-20-10-9-16(13-21(20)27-2)12-17(15-24)22(26)25-19-8-6-7-18(23)14-19/h6-10,12-14H,3-5,11H2,1-2H3,(H,25,26)/b17-12-. The molecule has 0 saturated heterocycles. The van der Waals surface area contributed by atoms with Crippen molar-refractivity contribution in [2.24, 2.45) is 0 Å². The molecule has 0 aliphatic heterocycles. The molecule has 0 aliphatic rings. The molecule has 0 unspecified atom stereocenters. The van der Waals surface area contributed by atoms with Crippen molar-refractivity contribution in [1.29, 1.82) is 5.26 Å². The Morgan fingerprint density at radius 3 is 2.71 bits per heavy atom. The van der Waals surface area contributed by atoms with Crippen molar-refractivity contribution in [3.63, 3.8) is 0 Å². The van der Waals surface area contributed by atoms with Gasteiger partial charge in [-0.05, 0) is 48.4 Å². The number of rotatable bonds is 9. The van der Waals surface area contributed by atoms with Crippen LogP contribution in [0.3, 0.4) is 0 Å². The van der Waals surface area contributed by atoms with E-state index in [-0.39, 0.29) is 5.57 Å². The zero-order valence-corrected chi connectivity index (χ0v) is 16.8. The average molecular weight is 399 g/mol. The van der Waals surface area contributed by atoms with Crippen LogP contribution < -0.4 is 14.8 Å². The topological polar surface area (TPSA) is 71.3 Å². The van der Waals surface area contributed by atoms with E-state index in [0.29, 0.717) is 34.4 Å².